The highest BCUT2D eigenvalue weighted by Gasteiger charge is 2.35. The molecule has 0 aliphatic carbocycles. The average Bonchev–Trinajstić information content (AvgIpc) is 3.18. The second-order valence-corrected chi connectivity index (χ2v) is 8.89. The van der Waals surface area contributed by atoms with Gasteiger partial charge in [0.15, 0.2) is 22.4 Å². The van der Waals surface area contributed by atoms with Gasteiger partial charge in [-0.2, -0.15) is 0 Å². The van der Waals surface area contributed by atoms with Crippen molar-refractivity contribution in [3.8, 4) is 11.5 Å². The fourth-order valence-electron chi connectivity index (χ4n) is 4.27. The number of anilines is 2. The third kappa shape index (κ3) is 5.00. The number of rotatable bonds is 6. The number of nitrogens with zero attached hydrogens (tertiary/aromatic N) is 2. The lowest BCUT2D eigenvalue weighted by molar-refractivity contribution is -0.113. The number of hydrogen-bond acceptors (Lipinski definition) is 6. The molecule has 1 unspecified atom stereocenters. The summed E-state index contributed by atoms with van der Waals surface area (Å²) in [4.78, 5) is 15.5. The first kappa shape index (κ1) is 24.3. The van der Waals surface area contributed by atoms with E-state index in [0.717, 1.165) is 22.4 Å². The van der Waals surface area contributed by atoms with Gasteiger partial charge in [0, 0.05) is 17.5 Å². The van der Waals surface area contributed by atoms with E-state index in [1.807, 2.05) is 44.7 Å². The van der Waals surface area contributed by atoms with E-state index in [1.165, 1.54) is 0 Å². The molecule has 3 N–H and O–H groups in total. The number of carbonyl (C=O) groups is 1. The van der Waals surface area contributed by atoms with E-state index in [-0.39, 0.29) is 11.7 Å². The van der Waals surface area contributed by atoms with E-state index in [0.29, 0.717) is 40.3 Å². The molecule has 1 atom stereocenters. The first-order chi connectivity index (χ1) is 16.7. The van der Waals surface area contributed by atoms with Crippen LogP contribution in [0.2, 0.25) is 0 Å². The molecular formula is C26H28N4O4S. The van der Waals surface area contributed by atoms with Gasteiger partial charge in [-0.1, -0.05) is 17.3 Å². The molecule has 0 spiro atoms. The molecule has 182 valence electrons. The fourth-order valence-corrected chi connectivity index (χ4v) is 4.63. The van der Waals surface area contributed by atoms with Crippen molar-refractivity contribution in [1.82, 2.24) is 10.5 Å². The predicted octanol–water partition coefficient (Wildman–Crippen LogP) is 5.05. The van der Waals surface area contributed by atoms with Gasteiger partial charge in [0.1, 0.15) is 5.76 Å². The lowest BCUT2D eigenvalue weighted by atomic mass is 9.93. The maximum absolute atomic E-state index is 13.6. The minimum atomic E-state index is -0.586. The Morgan fingerprint density at radius 3 is 2.51 bits per heavy atom. The van der Waals surface area contributed by atoms with Crippen molar-refractivity contribution in [2.75, 3.05) is 16.8 Å². The highest BCUT2D eigenvalue weighted by atomic mass is 32.1. The molecule has 3 aromatic rings. The molecule has 0 fully saturated rings. The maximum Gasteiger partial charge on any atom is 0.257 e. The second kappa shape index (κ2) is 9.79. The molecule has 1 aliphatic rings. The van der Waals surface area contributed by atoms with Gasteiger partial charge in [-0.05, 0) is 87.8 Å². The standard InChI is InChI=1S/C26H28N4O4S/c1-6-33-21-13-18(7-8-20(21)31)24-23(25(32)27-22-12-16(4)34-29-22)17(5)30(26(35)28-24)19-10-14(2)9-15(3)11-19/h7-13,24,31H,6H2,1-5H3,(H,28,35)(H,27,29,32). The summed E-state index contributed by atoms with van der Waals surface area (Å²) in [6.45, 7) is 9.89. The number of aromatic hydroxyl groups is 1. The van der Waals surface area contributed by atoms with Gasteiger partial charge in [-0.15, -0.1) is 0 Å². The van der Waals surface area contributed by atoms with Crippen molar-refractivity contribution in [2.24, 2.45) is 0 Å². The molecule has 1 aromatic heterocycles. The summed E-state index contributed by atoms with van der Waals surface area (Å²) >= 11 is 5.77. The Bertz CT molecular complexity index is 1310. The molecule has 8 nitrogen and oxygen atoms in total. The Labute approximate surface area is 209 Å². The van der Waals surface area contributed by atoms with Crippen molar-refractivity contribution < 1.29 is 19.2 Å². The zero-order valence-electron chi connectivity index (χ0n) is 20.3. The Hall–Kier alpha value is -3.85. The van der Waals surface area contributed by atoms with Crippen LogP contribution in [-0.4, -0.2) is 27.9 Å². The Balaban J connectivity index is 1.84. The Kier molecular flexibility index (Phi) is 6.79. The SMILES string of the molecule is CCOc1cc(C2NC(=S)N(c3cc(C)cc(C)c3)C(C)=C2C(=O)Nc2cc(C)on2)ccc1O. The summed E-state index contributed by atoms with van der Waals surface area (Å²) in [7, 11) is 0. The van der Waals surface area contributed by atoms with Gasteiger partial charge in [0.25, 0.3) is 5.91 Å². The summed E-state index contributed by atoms with van der Waals surface area (Å²) in [5.74, 6) is 0.909. The molecule has 9 heteroatoms. The summed E-state index contributed by atoms with van der Waals surface area (Å²) in [6.07, 6.45) is 0. The van der Waals surface area contributed by atoms with Gasteiger partial charge in [-0.25, -0.2) is 0 Å². The van der Waals surface area contributed by atoms with Crippen molar-refractivity contribution in [2.45, 2.75) is 40.7 Å². The lowest BCUT2D eigenvalue weighted by Gasteiger charge is -2.38. The van der Waals surface area contributed by atoms with Crippen LogP contribution in [-0.2, 0) is 4.79 Å². The van der Waals surface area contributed by atoms with Crippen LogP contribution in [0, 0.1) is 20.8 Å². The normalized spacial score (nSPS) is 15.7. The number of thiocarbonyl (C=S) groups is 1. The Morgan fingerprint density at radius 2 is 1.89 bits per heavy atom. The van der Waals surface area contributed by atoms with Gasteiger partial charge < -0.3 is 25.0 Å². The van der Waals surface area contributed by atoms with E-state index >= 15 is 0 Å². The van der Waals surface area contributed by atoms with Crippen LogP contribution in [0.25, 0.3) is 0 Å². The smallest absolute Gasteiger partial charge is 0.257 e. The first-order valence-electron chi connectivity index (χ1n) is 11.3. The van der Waals surface area contributed by atoms with Gasteiger partial charge in [0.2, 0.25) is 0 Å². The van der Waals surface area contributed by atoms with Crippen LogP contribution >= 0.6 is 12.2 Å². The zero-order valence-corrected chi connectivity index (χ0v) is 21.1. The summed E-state index contributed by atoms with van der Waals surface area (Å²) < 4.78 is 10.7. The monoisotopic (exact) mass is 492 g/mol. The van der Waals surface area contributed by atoms with Gasteiger partial charge >= 0.3 is 0 Å². The minimum Gasteiger partial charge on any atom is -0.504 e. The summed E-state index contributed by atoms with van der Waals surface area (Å²) in [6, 6.07) is 12.2. The number of amides is 1. The lowest BCUT2D eigenvalue weighted by Crippen LogP contribution is -2.48. The predicted molar refractivity (Wildman–Crippen MR) is 139 cm³/mol. The number of aryl methyl sites for hydroxylation is 3. The van der Waals surface area contributed by atoms with Crippen LogP contribution in [0.1, 0.15) is 42.3 Å². The maximum atomic E-state index is 13.6. The van der Waals surface area contributed by atoms with Crippen molar-refractivity contribution in [3.05, 3.63) is 76.2 Å². The number of aromatic nitrogens is 1. The first-order valence-corrected chi connectivity index (χ1v) is 11.7. The van der Waals surface area contributed by atoms with Gasteiger partial charge in [0.05, 0.1) is 18.2 Å². The molecule has 1 amide bonds. The van der Waals surface area contributed by atoms with E-state index in [1.54, 1.807) is 31.2 Å². The van der Waals surface area contributed by atoms with E-state index in [4.69, 9.17) is 21.5 Å². The second-order valence-electron chi connectivity index (χ2n) is 8.50. The van der Waals surface area contributed by atoms with Crippen LogP contribution in [0.5, 0.6) is 11.5 Å². The average molecular weight is 493 g/mol. The highest BCUT2D eigenvalue weighted by molar-refractivity contribution is 7.80. The van der Waals surface area contributed by atoms with Crippen molar-refractivity contribution in [1.29, 1.82) is 0 Å². The molecule has 0 saturated heterocycles. The summed E-state index contributed by atoms with van der Waals surface area (Å²) in [5.41, 5.74) is 4.87. The van der Waals surface area contributed by atoms with Crippen molar-refractivity contribution >= 4 is 34.7 Å². The third-order valence-corrected chi connectivity index (χ3v) is 5.98. The van der Waals surface area contributed by atoms with Gasteiger partial charge in [-0.3, -0.25) is 9.69 Å². The molecule has 0 saturated carbocycles. The van der Waals surface area contributed by atoms with Crippen LogP contribution in [0.15, 0.2) is 58.3 Å². The number of phenols is 1. The molecule has 0 radical (unpaired) electrons. The molecular weight excluding hydrogens is 464 g/mol. The highest BCUT2D eigenvalue weighted by Crippen LogP contribution is 2.37. The summed E-state index contributed by atoms with van der Waals surface area (Å²) in [5, 5.41) is 20.7. The number of nitrogens with one attached hydrogen (secondary N) is 2. The fraction of sp³-hybridized carbons (Fsp3) is 0.269. The molecule has 35 heavy (non-hydrogen) atoms. The van der Waals surface area contributed by atoms with E-state index in [9.17, 15) is 9.90 Å². The Morgan fingerprint density at radius 1 is 1.17 bits per heavy atom. The van der Waals surface area contributed by atoms with Crippen LogP contribution in [0.4, 0.5) is 11.5 Å². The third-order valence-electron chi connectivity index (χ3n) is 5.68. The molecule has 0 bridgehead atoms. The van der Waals surface area contributed by atoms with Crippen molar-refractivity contribution in [3.63, 3.8) is 0 Å². The number of hydrogen-bond donors (Lipinski definition) is 3. The van der Waals surface area contributed by atoms with Crippen LogP contribution in [0.3, 0.4) is 0 Å². The number of phenolic OH excluding ortho intramolecular Hbond substituents is 1. The minimum absolute atomic E-state index is 0.0237. The number of allylic oxidation sites excluding steroid dienone is 1. The quantitative estimate of drug-likeness (QED) is 0.411. The molecule has 1 aliphatic heterocycles. The van der Waals surface area contributed by atoms with E-state index < -0.39 is 6.04 Å². The molecule has 2 aromatic carbocycles. The number of benzene rings is 2. The van der Waals surface area contributed by atoms with E-state index in [2.05, 4.69) is 21.9 Å². The molecule has 2 heterocycles. The number of carbonyl (C=O) groups excluding carboxylic acids is 1. The number of ether oxygens (including phenoxy) is 1. The largest absolute Gasteiger partial charge is 0.504 e. The topological polar surface area (TPSA) is 99.9 Å². The van der Waals surface area contributed by atoms with Crippen LogP contribution < -0.4 is 20.3 Å². The molecule has 4 rings (SSSR count). The zero-order chi connectivity index (χ0) is 25.3.